The van der Waals surface area contributed by atoms with E-state index in [2.05, 4.69) is 51.6 Å². The summed E-state index contributed by atoms with van der Waals surface area (Å²) in [5.41, 5.74) is 10.4. The van der Waals surface area contributed by atoms with Crippen LogP contribution in [0.4, 0.5) is 23.3 Å². The number of fused-ring (bicyclic) bond motifs is 2. The van der Waals surface area contributed by atoms with Gasteiger partial charge >= 0.3 is 0 Å². The van der Waals surface area contributed by atoms with Gasteiger partial charge in [-0.2, -0.15) is 0 Å². The highest BCUT2D eigenvalue weighted by molar-refractivity contribution is 7.90. The Morgan fingerprint density at radius 2 is 1.15 bits per heavy atom. The van der Waals surface area contributed by atoms with E-state index in [1.54, 1.807) is 24.3 Å². The first kappa shape index (κ1) is 36.0. The van der Waals surface area contributed by atoms with Crippen LogP contribution < -0.4 is 20.1 Å². The molecule has 0 amide bonds. The highest BCUT2D eigenvalue weighted by Gasteiger charge is 2.25. The minimum absolute atomic E-state index is 0.213. The Morgan fingerprint density at radius 3 is 1.73 bits per heavy atom. The molecule has 0 fully saturated rings. The Morgan fingerprint density at radius 1 is 0.635 bits per heavy atom. The van der Waals surface area contributed by atoms with Gasteiger partial charge in [-0.3, -0.25) is 0 Å². The van der Waals surface area contributed by atoms with Crippen LogP contribution in [0.3, 0.4) is 0 Å². The Kier molecular flexibility index (Phi) is 10.5. The number of benzene rings is 5. The lowest BCUT2D eigenvalue weighted by molar-refractivity contribution is 0.340. The summed E-state index contributed by atoms with van der Waals surface area (Å²) in [6, 6.07) is 30.0. The highest BCUT2D eigenvalue weighted by atomic mass is 32.2. The van der Waals surface area contributed by atoms with E-state index >= 15 is 0 Å². The van der Waals surface area contributed by atoms with E-state index in [0.717, 1.165) is 50.9 Å². The number of imidazole rings is 2. The van der Waals surface area contributed by atoms with E-state index in [1.807, 2.05) is 95.3 Å². The summed E-state index contributed by atoms with van der Waals surface area (Å²) in [4.78, 5) is 12.7. The minimum Gasteiger partial charge on any atom is -0.494 e. The molecule has 0 aliphatic rings. The predicted molar refractivity (Wildman–Crippen MR) is 210 cm³/mol. The molecule has 0 atom stereocenters. The number of hydrogen-bond acceptors (Lipinski definition) is 8. The normalized spacial score (nSPS) is 11.3. The van der Waals surface area contributed by atoms with Crippen LogP contribution in [0.5, 0.6) is 11.5 Å². The summed E-state index contributed by atoms with van der Waals surface area (Å²) < 4.78 is 39.5. The van der Waals surface area contributed by atoms with Crippen LogP contribution in [0.2, 0.25) is 0 Å². The number of ether oxygens (including phenoxy) is 2. The van der Waals surface area contributed by atoms with Gasteiger partial charge in [0.25, 0.3) is 10.0 Å². The van der Waals surface area contributed by atoms with Crippen molar-refractivity contribution in [1.29, 1.82) is 0 Å². The maximum atomic E-state index is 13.6. The second-order valence-electron chi connectivity index (χ2n) is 12.6. The largest absolute Gasteiger partial charge is 0.494 e. The molecule has 7 aromatic rings. The van der Waals surface area contributed by atoms with Crippen LogP contribution in [-0.4, -0.2) is 40.6 Å². The first-order valence-corrected chi connectivity index (χ1v) is 18.7. The monoisotopic (exact) mass is 716 g/mol. The maximum absolute atomic E-state index is 13.6. The molecule has 52 heavy (non-hydrogen) atoms. The molecule has 0 spiro atoms. The molecule has 2 aromatic heterocycles. The third-order valence-corrected chi connectivity index (χ3v) is 10.5. The quantitative estimate of drug-likeness (QED) is 0.128. The van der Waals surface area contributed by atoms with Crippen LogP contribution >= 0.6 is 0 Å². The van der Waals surface area contributed by atoms with Crippen molar-refractivity contribution in [3.05, 3.63) is 125 Å². The molecular formula is C41H44N6O4S. The number of aromatic amines is 1. The number of aromatic nitrogens is 4. The number of nitrogens with zero attached hydrogens (tertiary/aromatic N) is 3. The first-order valence-electron chi connectivity index (χ1n) is 17.2. The number of H-pyrrole nitrogens is 1. The van der Waals surface area contributed by atoms with E-state index in [4.69, 9.17) is 9.47 Å². The molecule has 3 N–H and O–H groups in total. The molecule has 7 rings (SSSR count). The molecule has 0 radical (unpaired) electrons. The zero-order chi connectivity index (χ0) is 37.0. The van der Waals surface area contributed by atoms with Crippen LogP contribution in [0, 0.1) is 34.6 Å². The van der Waals surface area contributed by atoms with Crippen LogP contribution in [0.25, 0.3) is 22.1 Å². The van der Waals surface area contributed by atoms with E-state index in [1.165, 1.54) is 15.1 Å². The van der Waals surface area contributed by atoms with Crippen molar-refractivity contribution in [3.8, 4) is 11.5 Å². The Labute approximate surface area is 304 Å². The predicted octanol–water partition coefficient (Wildman–Crippen LogP) is 9.66. The maximum Gasteiger partial charge on any atom is 0.271 e. The molecule has 2 heterocycles. The standard InChI is InChI=1S/C24H25N3O3S.C17H19N3O/c1-5-30-20-10-8-19(9-11-20)25-24-26-22-14-17(3)18(4)15-23(22)27(24)31(28,29)21-12-6-16(2)7-13-21;1-4-21-14-7-5-13(6-8-14)18-17-19-15-9-11(2)12(3)10-16(15)20-17/h6-15H,5H2,1-4H3,(H,25,26);5-10H,4H2,1-3H3,(H2,18,19,20). The van der Waals surface area contributed by atoms with Crippen LogP contribution in [0.1, 0.15) is 41.7 Å². The summed E-state index contributed by atoms with van der Waals surface area (Å²) in [5, 5.41) is 6.45. The first-order chi connectivity index (χ1) is 24.9. The molecule has 0 aliphatic carbocycles. The van der Waals surface area contributed by atoms with Crippen LogP contribution in [0.15, 0.2) is 102 Å². The van der Waals surface area contributed by atoms with Crippen molar-refractivity contribution in [2.75, 3.05) is 23.8 Å². The van der Waals surface area contributed by atoms with Gasteiger partial charge in [0.2, 0.25) is 11.9 Å². The SMILES string of the molecule is CCOc1ccc(Nc2nc3cc(C)c(C)cc3[nH]2)cc1.CCOc1ccc(Nc2nc3cc(C)c(C)cc3n2S(=O)(=O)c2ccc(C)cc2)cc1. The topological polar surface area (TPSA) is 123 Å². The molecular weight excluding hydrogens is 673 g/mol. The average molecular weight is 717 g/mol. The third-order valence-electron chi connectivity index (χ3n) is 8.73. The fourth-order valence-corrected chi connectivity index (χ4v) is 7.06. The van der Waals surface area contributed by atoms with Gasteiger partial charge in [0.15, 0.2) is 0 Å². The molecule has 0 aliphatic heterocycles. The lowest BCUT2D eigenvalue weighted by Crippen LogP contribution is -2.15. The van der Waals surface area contributed by atoms with E-state index < -0.39 is 10.0 Å². The van der Waals surface area contributed by atoms with Crippen LogP contribution in [-0.2, 0) is 10.0 Å². The van der Waals surface area contributed by atoms with Crippen molar-refractivity contribution in [3.63, 3.8) is 0 Å². The van der Waals surface area contributed by atoms with Crippen molar-refractivity contribution >= 4 is 55.4 Å². The summed E-state index contributed by atoms with van der Waals surface area (Å²) in [6.07, 6.45) is 0. The molecule has 268 valence electrons. The van der Waals surface area contributed by atoms with Gasteiger partial charge < -0.3 is 25.1 Å². The van der Waals surface area contributed by atoms with Gasteiger partial charge in [0, 0.05) is 11.4 Å². The summed E-state index contributed by atoms with van der Waals surface area (Å²) in [6.45, 7) is 15.2. The second-order valence-corrected chi connectivity index (χ2v) is 14.4. The summed E-state index contributed by atoms with van der Waals surface area (Å²) >= 11 is 0. The van der Waals surface area contributed by atoms with E-state index in [0.29, 0.717) is 29.9 Å². The molecule has 5 aromatic carbocycles. The summed E-state index contributed by atoms with van der Waals surface area (Å²) in [5.74, 6) is 2.61. The number of anilines is 4. The van der Waals surface area contributed by atoms with E-state index in [-0.39, 0.29) is 10.8 Å². The average Bonchev–Trinajstić information content (AvgIpc) is 3.67. The Bertz CT molecular complexity index is 2390. The smallest absolute Gasteiger partial charge is 0.271 e. The van der Waals surface area contributed by atoms with Gasteiger partial charge in [0.1, 0.15) is 11.5 Å². The molecule has 0 bridgehead atoms. The van der Waals surface area contributed by atoms with Gasteiger partial charge in [-0.05, 0) is 156 Å². The fourth-order valence-electron chi connectivity index (χ4n) is 5.65. The fraction of sp³-hybridized carbons (Fsp3) is 0.220. The molecule has 11 heteroatoms. The highest BCUT2D eigenvalue weighted by Crippen LogP contribution is 2.31. The van der Waals surface area contributed by atoms with Crippen molar-refractivity contribution in [1.82, 2.24) is 18.9 Å². The Balaban J connectivity index is 0.000000192. The van der Waals surface area contributed by atoms with Crippen molar-refractivity contribution in [2.24, 2.45) is 0 Å². The second kappa shape index (κ2) is 15.2. The van der Waals surface area contributed by atoms with Gasteiger partial charge in [0.05, 0.1) is 40.2 Å². The zero-order valence-corrected chi connectivity index (χ0v) is 31.4. The molecule has 0 saturated carbocycles. The van der Waals surface area contributed by atoms with Gasteiger partial charge in [-0.15, -0.1) is 0 Å². The van der Waals surface area contributed by atoms with Gasteiger partial charge in [-0.25, -0.2) is 22.4 Å². The number of rotatable bonds is 10. The third kappa shape index (κ3) is 7.89. The molecule has 0 saturated heterocycles. The Hall–Kier alpha value is -5.81. The number of aryl methyl sites for hydroxylation is 5. The lowest BCUT2D eigenvalue weighted by Gasteiger charge is -2.13. The number of nitrogens with one attached hydrogen (secondary N) is 3. The zero-order valence-electron chi connectivity index (χ0n) is 30.5. The van der Waals surface area contributed by atoms with E-state index in [9.17, 15) is 8.42 Å². The molecule has 10 nitrogen and oxygen atoms in total. The molecule has 0 unspecified atom stereocenters. The summed E-state index contributed by atoms with van der Waals surface area (Å²) in [7, 11) is -3.87. The van der Waals surface area contributed by atoms with Crippen molar-refractivity contribution < 1.29 is 17.9 Å². The van der Waals surface area contributed by atoms with Crippen molar-refractivity contribution in [2.45, 2.75) is 53.4 Å². The van der Waals surface area contributed by atoms with Gasteiger partial charge in [-0.1, -0.05) is 17.7 Å². The number of hydrogen-bond donors (Lipinski definition) is 3. The lowest BCUT2D eigenvalue weighted by atomic mass is 10.1. The minimum atomic E-state index is -3.87.